The van der Waals surface area contributed by atoms with Crippen LogP contribution >= 0.6 is 0 Å². The first kappa shape index (κ1) is 21.8. The third-order valence-corrected chi connectivity index (χ3v) is 4.62. The van der Waals surface area contributed by atoms with Crippen LogP contribution in [0.4, 0.5) is 5.69 Å². The Kier molecular flexibility index (Phi) is 7.16. The Hall–Kier alpha value is -3.94. The van der Waals surface area contributed by atoms with Crippen molar-refractivity contribution >= 4 is 34.3 Å². The summed E-state index contributed by atoms with van der Waals surface area (Å²) >= 11 is 0. The van der Waals surface area contributed by atoms with Gasteiger partial charge in [-0.05, 0) is 36.2 Å². The molecule has 2 aromatic carbocycles. The van der Waals surface area contributed by atoms with Crippen molar-refractivity contribution in [3.05, 3.63) is 76.1 Å². The Bertz CT molecular complexity index is 1170. The highest BCUT2D eigenvalue weighted by Crippen LogP contribution is 2.11. The summed E-state index contributed by atoms with van der Waals surface area (Å²) in [7, 11) is 0. The number of carbonyl (C=O) groups excluding carboxylic acids is 3. The number of aromatic amines is 1. The molecule has 4 N–H and O–H groups in total. The van der Waals surface area contributed by atoms with Crippen LogP contribution in [-0.2, 0) is 16.1 Å². The maximum atomic E-state index is 12.5. The second-order valence-electron chi connectivity index (χ2n) is 7.04. The molecule has 0 radical (unpaired) electrons. The third-order valence-electron chi connectivity index (χ3n) is 4.62. The summed E-state index contributed by atoms with van der Waals surface area (Å²) < 4.78 is 0. The minimum atomic E-state index is -0.622. The molecule has 0 aliphatic heterocycles. The van der Waals surface area contributed by atoms with E-state index < -0.39 is 17.2 Å². The van der Waals surface area contributed by atoms with E-state index in [9.17, 15) is 19.2 Å². The molecular formula is C23H24N4O4. The van der Waals surface area contributed by atoms with Crippen LogP contribution in [0, 0.1) is 0 Å². The van der Waals surface area contributed by atoms with Gasteiger partial charge in [0.1, 0.15) is 5.56 Å². The lowest BCUT2D eigenvalue weighted by Crippen LogP contribution is -2.38. The van der Waals surface area contributed by atoms with Crippen LogP contribution < -0.4 is 21.4 Å². The molecule has 3 aromatic rings. The first-order valence-electron chi connectivity index (χ1n) is 10.0. The van der Waals surface area contributed by atoms with Crippen LogP contribution in [0.2, 0.25) is 0 Å². The van der Waals surface area contributed by atoms with Crippen molar-refractivity contribution in [1.29, 1.82) is 0 Å². The lowest BCUT2D eigenvalue weighted by Gasteiger charge is -2.09. The molecule has 0 unspecified atom stereocenters. The Morgan fingerprint density at radius 2 is 1.77 bits per heavy atom. The Morgan fingerprint density at radius 1 is 0.968 bits per heavy atom. The summed E-state index contributed by atoms with van der Waals surface area (Å²) in [6.45, 7) is 1.90. The fourth-order valence-electron chi connectivity index (χ4n) is 3.06. The lowest BCUT2D eigenvalue weighted by atomic mass is 10.1. The second kappa shape index (κ2) is 10.2. The highest BCUT2D eigenvalue weighted by molar-refractivity contribution is 5.98. The van der Waals surface area contributed by atoms with Gasteiger partial charge >= 0.3 is 0 Å². The topological polar surface area (TPSA) is 120 Å². The number of nitrogens with one attached hydrogen (secondary N) is 4. The molecule has 3 rings (SSSR count). The zero-order chi connectivity index (χ0) is 22.2. The highest BCUT2D eigenvalue weighted by atomic mass is 16.2. The van der Waals surface area contributed by atoms with Gasteiger partial charge in [0.2, 0.25) is 17.2 Å². The zero-order valence-electron chi connectivity index (χ0n) is 17.2. The van der Waals surface area contributed by atoms with E-state index in [1.165, 1.54) is 6.20 Å². The SMILES string of the molecule is CCCC(=O)Nc1cccc(CNC(=O)CNC(=O)c2c[nH]c3ccccc3c2=O)c1. The van der Waals surface area contributed by atoms with Gasteiger partial charge in [0.15, 0.2) is 0 Å². The largest absolute Gasteiger partial charge is 0.360 e. The van der Waals surface area contributed by atoms with Crippen molar-refractivity contribution in [2.45, 2.75) is 26.3 Å². The van der Waals surface area contributed by atoms with Crippen LogP contribution in [-0.4, -0.2) is 29.3 Å². The number of H-pyrrole nitrogens is 1. The van der Waals surface area contributed by atoms with E-state index in [0.717, 1.165) is 12.0 Å². The minimum Gasteiger partial charge on any atom is -0.360 e. The number of pyridine rings is 1. The van der Waals surface area contributed by atoms with Crippen molar-refractivity contribution in [3.63, 3.8) is 0 Å². The maximum Gasteiger partial charge on any atom is 0.257 e. The molecule has 1 aromatic heterocycles. The van der Waals surface area contributed by atoms with Gasteiger partial charge in [-0.15, -0.1) is 0 Å². The van der Waals surface area contributed by atoms with Crippen LogP contribution in [0.15, 0.2) is 59.5 Å². The summed E-state index contributed by atoms with van der Waals surface area (Å²) in [5.41, 5.74) is 1.65. The van der Waals surface area contributed by atoms with Crippen molar-refractivity contribution in [2.75, 3.05) is 11.9 Å². The number of hydrogen-bond donors (Lipinski definition) is 4. The first-order valence-corrected chi connectivity index (χ1v) is 10.0. The Balaban J connectivity index is 1.53. The van der Waals surface area contributed by atoms with Crippen LogP contribution in [0.3, 0.4) is 0 Å². The molecule has 0 saturated heterocycles. The predicted molar refractivity (Wildman–Crippen MR) is 119 cm³/mol. The normalized spacial score (nSPS) is 10.5. The number of carbonyl (C=O) groups is 3. The molecule has 0 bridgehead atoms. The van der Waals surface area contributed by atoms with E-state index in [0.29, 0.717) is 23.0 Å². The maximum absolute atomic E-state index is 12.5. The quantitative estimate of drug-likeness (QED) is 0.447. The first-order chi connectivity index (χ1) is 15.0. The molecule has 0 atom stereocenters. The van der Waals surface area contributed by atoms with E-state index >= 15 is 0 Å². The molecule has 8 heteroatoms. The average Bonchev–Trinajstić information content (AvgIpc) is 2.77. The fraction of sp³-hybridized carbons (Fsp3) is 0.217. The van der Waals surface area contributed by atoms with Crippen molar-refractivity contribution < 1.29 is 14.4 Å². The highest BCUT2D eigenvalue weighted by Gasteiger charge is 2.14. The molecule has 0 aliphatic rings. The van der Waals surface area contributed by atoms with E-state index in [1.807, 2.05) is 13.0 Å². The molecule has 0 aliphatic carbocycles. The molecule has 1 heterocycles. The zero-order valence-corrected chi connectivity index (χ0v) is 17.2. The molecule has 8 nitrogen and oxygen atoms in total. The summed E-state index contributed by atoms with van der Waals surface area (Å²) in [4.78, 5) is 51.5. The van der Waals surface area contributed by atoms with Gasteiger partial charge in [-0.25, -0.2) is 0 Å². The molecule has 0 spiro atoms. The summed E-state index contributed by atoms with van der Waals surface area (Å²) in [6, 6.07) is 14.1. The fourth-order valence-corrected chi connectivity index (χ4v) is 3.06. The minimum absolute atomic E-state index is 0.0537. The van der Waals surface area contributed by atoms with Crippen LogP contribution in [0.1, 0.15) is 35.7 Å². The van der Waals surface area contributed by atoms with Crippen LogP contribution in [0.25, 0.3) is 10.9 Å². The molecule has 0 saturated carbocycles. The molecule has 3 amide bonds. The summed E-state index contributed by atoms with van der Waals surface area (Å²) in [6.07, 6.45) is 2.55. The van der Waals surface area contributed by atoms with E-state index in [2.05, 4.69) is 20.9 Å². The van der Waals surface area contributed by atoms with Gasteiger partial charge < -0.3 is 20.9 Å². The van der Waals surface area contributed by atoms with Gasteiger partial charge in [-0.1, -0.05) is 31.2 Å². The standard InChI is InChI=1S/C23H24N4O4/c1-2-6-20(28)27-16-8-5-7-15(11-16)12-25-21(29)14-26-23(31)18-13-24-19-10-4-3-9-17(19)22(18)30/h3-5,7-11,13H,2,6,12,14H2,1H3,(H,24,30)(H,25,29)(H,26,31)(H,27,28). The number of rotatable bonds is 8. The van der Waals surface area contributed by atoms with Gasteiger partial charge in [-0.3, -0.25) is 19.2 Å². The monoisotopic (exact) mass is 420 g/mol. The van der Waals surface area contributed by atoms with E-state index in [4.69, 9.17) is 0 Å². The van der Waals surface area contributed by atoms with Gasteiger partial charge in [0, 0.05) is 35.8 Å². The number of hydrogen-bond acceptors (Lipinski definition) is 4. The average molecular weight is 420 g/mol. The third kappa shape index (κ3) is 5.79. The Labute approximate surface area is 179 Å². The molecule has 31 heavy (non-hydrogen) atoms. The number of anilines is 1. The van der Waals surface area contributed by atoms with E-state index in [1.54, 1.807) is 42.5 Å². The Morgan fingerprint density at radius 3 is 2.58 bits per heavy atom. The molecule has 160 valence electrons. The van der Waals surface area contributed by atoms with Crippen LogP contribution in [0.5, 0.6) is 0 Å². The summed E-state index contributed by atoms with van der Waals surface area (Å²) in [5.74, 6) is -1.08. The lowest BCUT2D eigenvalue weighted by molar-refractivity contribution is -0.120. The van der Waals surface area contributed by atoms with E-state index in [-0.39, 0.29) is 24.6 Å². The van der Waals surface area contributed by atoms with Gasteiger partial charge in [-0.2, -0.15) is 0 Å². The predicted octanol–water partition coefficient (Wildman–Crippen LogP) is 2.31. The molecular weight excluding hydrogens is 396 g/mol. The van der Waals surface area contributed by atoms with Gasteiger partial charge in [0.05, 0.1) is 6.54 Å². The van der Waals surface area contributed by atoms with Crippen molar-refractivity contribution in [1.82, 2.24) is 15.6 Å². The number of para-hydroxylation sites is 1. The van der Waals surface area contributed by atoms with Crippen molar-refractivity contribution in [3.8, 4) is 0 Å². The van der Waals surface area contributed by atoms with Crippen molar-refractivity contribution in [2.24, 2.45) is 0 Å². The number of aromatic nitrogens is 1. The van der Waals surface area contributed by atoms with Gasteiger partial charge in [0.25, 0.3) is 5.91 Å². The molecule has 0 fully saturated rings. The number of amides is 3. The number of fused-ring (bicyclic) bond motifs is 1. The summed E-state index contributed by atoms with van der Waals surface area (Å²) in [5, 5.41) is 8.38. The second-order valence-corrected chi connectivity index (χ2v) is 7.04. The number of benzene rings is 2. The smallest absolute Gasteiger partial charge is 0.257 e.